The molecule has 0 spiro atoms. The van der Waals surface area contributed by atoms with Gasteiger partial charge in [0.25, 0.3) is 0 Å². The molecule has 3 aliphatic rings. The van der Waals surface area contributed by atoms with Crippen LogP contribution in [0.5, 0.6) is 0 Å². The number of quaternary nitrogens is 1. The van der Waals surface area contributed by atoms with E-state index in [2.05, 4.69) is 0 Å². The number of aliphatic hydroxyl groups is 1. The standard InChI is InChI=1S/C20H21Cl2NO.ClH/c21-17-5-1-3-15(11-17)20(24,16-4-2-6-18(22)12-16)19-13-23-9-7-14(19)8-10-23;/h1-6,11-12,14,19,24H,7-10,13H2;1H. The summed E-state index contributed by atoms with van der Waals surface area (Å²) in [4.78, 5) is 1.60. The van der Waals surface area contributed by atoms with Crippen molar-refractivity contribution in [1.29, 1.82) is 0 Å². The van der Waals surface area contributed by atoms with Crippen LogP contribution in [0.2, 0.25) is 10.0 Å². The quantitative estimate of drug-likeness (QED) is 0.756. The second kappa shape index (κ2) is 7.46. The molecule has 3 fully saturated rings. The van der Waals surface area contributed by atoms with Crippen molar-refractivity contribution in [3.05, 3.63) is 69.7 Å². The summed E-state index contributed by atoms with van der Waals surface area (Å²) in [5.41, 5.74) is 0.692. The molecule has 0 aliphatic carbocycles. The summed E-state index contributed by atoms with van der Waals surface area (Å²) >= 11 is 12.5. The number of hydrogen-bond acceptors (Lipinski definition) is 1. The Bertz CT molecular complexity index is 698. The molecule has 3 aliphatic heterocycles. The van der Waals surface area contributed by atoms with E-state index in [0.717, 1.165) is 17.7 Å². The minimum atomic E-state index is -1.05. The zero-order chi connectivity index (χ0) is 16.7. The van der Waals surface area contributed by atoms with Gasteiger partial charge >= 0.3 is 0 Å². The van der Waals surface area contributed by atoms with Gasteiger partial charge in [-0.2, -0.15) is 0 Å². The zero-order valence-electron chi connectivity index (χ0n) is 13.9. The molecule has 3 heterocycles. The molecule has 5 rings (SSSR count). The summed E-state index contributed by atoms with van der Waals surface area (Å²) in [6.45, 7) is 3.45. The normalized spacial score (nSPS) is 25.5. The smallest absolute Gasteiger partial charge is 0.123 e. The molecular formula is C20H22Cl3NO. The van der Waals surface area contributed by atoms with Gasteiger partial charge in [0.15, 0.2) is 0 Å². The Morgan fingerprint density at radius 3 is 1.84 bits per heavy atom. The fourth-order valence-electron chi connectivity index (χ4n) is 4.67. The summed E-state index contributed by atoms with van der Waals surface area (Å²) in [5.74, 6) is 0.734. The SMILES string of the molecule is OC(c1cccc(Cl)c1)(c1cccc(Cl)c1)C1C[NH+]2CCC1CC2.[Cl-]. The highest BCUT2D eigenvalue weighted by molar-refractivity contribution is 6.31. The van der Waals surface area contributed by atoms with Gasteiger partial charge in [-0.15, -0.1) is 0 Å². The molecule has 2 aromatic carbocycles. The first-order valence-electron chi connectivity index (χ1n) is 8.65. The Balaban J connectivity index is 0.00000182. The molecule has 25 heavy (non-hydrogen) atoms. The molecule has 2 aromatic rings. The molecule has 2 bridgehead atoms. The van der Waals surface area contributed by atoms with E-state index in [9.17, 15) is 5.11 Å². The number of piperidine rings is 3. The second-order valence-electron chi connectivity index (χ2n) is 7.19. The van der Waals surface area contributed by atoms with Gasteiger partial charge in [0, 0.05) is 28.8 Å². The third-order valence-electron chi connectivity index (χ3n) is 5.88. The van der Waals surface area contributed by atoms with Gasteiger partial charge in [-0.25, -0.2) is 0 Å². The average Bonchev–Trinajstić information content (AvgIpc) is 2.62. The monoisotopic (exact) mass is 397 g/mol. The fraction of sp³-hybridized carbons (Fsp3) is 0.400. The molecule has 0 aromatic heterocycles. The Morgan fingerprint density at radius 1 is 0.920 bits per heavy atom. The van der Waals surface area contributed by atoms with E-state index < -0.39 is 5.60 Å². The number of rotatable bonds is 3. The minimum absolute atomic E-state index is 0. The van der Waals surface area contributed by atoms with Crippen LogP contribution in [-0.4, -0.2) is 24.7 Å². The first kappa shape index (κ1) is 19.0. The molecule has 0 saturated carbocycles. The van der Waals surface area contributed by atoms with E-state index in [1.807, 2.05) is 48.5 Å². The van der Waals surface area contributed by atoms with Gasteiger partial charge in [0.1, 0.15) is 5.60 Å². The van der Waals surface area contributed by atoms with E-state index in [1.54, 1.807) is 4.90 Å². The Kier molecular flexibility index (Phi) is 5.67. The minimum Gasteiger partial charge on any atom is -1.00 e. The number of nitrogens with one attached hydrogen (secondary N) is 1. The lowest BCUT2D eigenvalue weighted by atomic mass is 9.65. The number of halogens is 3. The van der Waals surface area contributed by atoms with E-state index in [4.69, 9.17) is 23.2 Å². The van der Waals surface area contributed by atoms with Crippen molar-refractivity contribution >= 4 is 23.2 Å². The van der Waals surface area contributed by atoms with Gasteiger partial charge in [-0.1, -0.05) is 47.5 Å². The van der Waals surface area contributed by atoms with Crippen molar-refractivity contribution in [1.82, 2.24) is 0 Å². The zero-order valence-corrected chi connectivity index (χ0v) is 16.2. The lowest BCUT2D eigenvalue weighted by molar-refractivity contribution is -0.922. The second-order valence-corrected chi connectivity index (χ2v) is 8.06. The fourth-order valence-corrected chi connectivity index (χ4v) is 5.05. The van der Waals surface area contributed by atoms with Crippen LogP contribution in [-0.2, 0) is 5.60 Å². The highest BCUT2D eigenvalue weighted by atomic mass is 35.5. The predicted octanol–water partition coefficient (Wildman–Crippen LogP) is 0.158. The Morgan fingerprint density at radius 2 is 1.44 bits per heavy atom. The highest BCUT2D eigenvalue weighted by Crippen LogP contribution is 2.44. The first-order valence-corrected chi connectivity index (χ1v) is 9.41. The van der Waals surface area contributed by atoms with Crippen molar-refractivity contribution < 1.29 is 22.4 Å². The largest absolute Gasteiger partial charge is 1.00 e. The van der Waals surface area contributed by atoms with Crippen LogP contribution in [0.1, 0.15) is 24.0 Å². The van der Waals surface area contributed by atoms with Gasteiger partial charge in [0.2, 0.25) is 0 Å². The summed E-state index contributed by atoms with van der Waals surface area (Å²) in [6.07, 6.45) is 2.37. The average molecular weight is 399 g/mol. The predicted molar refractivity (Wildman–Crippen MR) is 97.7 cm³/mol. The summed E-state index contributed by atoms with van der Waals surface area (Å²) in [5, 5.41) is 13.3. The summed E-state index contributed by atoms with van der Waals surface area (Å²) in [6, 6.07) is 15.3. The van der Waals surface area contributed by atoms with Gasteiger partial charge in [0.05, 0.1) is 19.6 Å². The number of benzene rings is 2. The molecule has 1 atom stereocenters. The van der Waals surface area contributed by atoms with Crippen molar-refractivity contribution in [2.24, 2.45) is 11.8 Å². The molecule has 5 heteroatoms. The first-order chi connectivity index (χ1) is 11.6. The van der Waals surface area contributed by atoms with Crippen molar-refractivity contribution in [2.45, 2.75) is 18.4 Å². The molecule has 0 amide bonds. The van der Waals surface area contributed by atoms with Crippen LogP contribution in [0.3, 0.4) is 0 Å². The summed E-state index contributed by atoms with van der Waals surface area (Å²) in [7, 11) is 0. The highest BCUT2D eigenvalue weighted by Gasteiger charge is 2.50. The van der Waals surface area contributed by atoms with E-state index >= 15 is 0 Å². The molecule has 2 N–H and O–H groups in total. The van der Waals surface area contributed by atoms with E-state index in [0.29, 0.717) is 16.0 Å². The lowest BCUT2D eigenvalue weighted by Crippen LogP contribution is -3.16. The Hall–Kier alpha value is -0.770. The molecule has 2 nitrogen and oxygen atoms in total. The maximum atomic E-state index is 12.0. The van der Waals surface area contributed by atoms with Gasteiger partial charge < -0.3 is 22.4 Å². The molecule has 0 radical (unpaired) electrons. The maximum Gasteiger partial charge on any atom is 0.123 e. The van der Waals surface area contributed by atoms with Crippen LogP contribution in [0.15, 0.2) is 48.5 Å². The number of hydrogen-bond donors (Lipinski definition) is 2. The maximum absolute atomic E-state index is 12.0. The topological polar surface area (TPSA) is 24.7 Å². The van der Waals surface area contributed by atoms with Gasteiger partial charge in [-0.05, 0) is 41.3 Å². The van der Waals surface area contributed by atoms with Crippen molar-refractivity contribution in [2.75, 3.05) is 19.6 Å². The molecular weight excluding hydrogens is 377 g/mol. The third kappa shape index (κ3) is 3.43. The van der Waals surface area contributed by atoms with Crippen LogP contribution in [0.4, 0.5) is 0 Å². The van der Waals surface area contributed by atoms with Crippen molar-refractivity contribution in [3.63, 3.8) is 0 Å². The van der Waals surface area contributed by atoms with E-state index in [-0.39, 0.29) is 18.3 Å². The van der Waals surface area contributed by atoms with Crippen LogP contribution < -0.4 is 17.3 Å². The van der Waals surface area contributed by atoms with Crippen molar-refractivity contribution in [3.8, 4) is 0 Å². The van der Waals surface area contributed by atoms with Gasteiger partial charge in [-0.3, -0.25) is 0 Å². The Labute approximate surface area is 165 Å². The number of fused-ring (bicyclic) bond motifs is 3. The van der Waals surface area contributed by atoms with E-state index in [1.165, 1.54) is 25.9 Å². The molecule has 134 valence electrons. The molecule has 1 unspecified atom stereocenters. The third-order valence-corrected chi connectivity index (χ3v) is 6.35. The lowest BCUT2D eigenvalue weighted by Gasteiger charge is -2.49. The van der Waals surface area contributed by atoms with Crippen LogP contribution in [0, 0.1) is 11.8 Å². The molecule has 3 saturated heterocycles. The van der Waals surface area contributed by atoms with Crippen LogP contribution >= 0.6 is 23.2 Å². The van der Waals surface area contributed by atoms with Crippen LogP contribution in [0.25, 0.3) is 0 Å². The summed E-state index contributed by atoms with van der Waals surface area (Å²) < 4.78 is 0.